The molecule has 0 spiro atoms. The zero-order chi connectivity index (χ0) is 14.8. The molecule has 19 heavy (non-hydrogen) atoms. The first-order chi connectivity index (χ1) is 8.60. The van der Waals surface area contributed by atoms with E-state index in [-0.39, 0.29) is 23.1 Å². The monoisotopic (exact) mass is 283 g/mol. The minimum Gasteiger partial charge on any atom is -0.412 e. The van der Waals surface area contributed by atoms with E-state index in [2.05, 4.69) is 47.4 Å². The first-order valence-corrected chi connectivity index (χ1v) is 10.1. The van der Waals surface area contributed by atoms with Crippen molar-refractivity contribution in [3.8, 4) is 0 Å². The Hall–Kier alpha value is -0.613. The van der Waals surface area contributed by atoms with Crippen molar-refractivity contribution >= 4 is 14.2 Å². The molecule has 0 unspecified atom stereocenters. The molecule has 0 aliphatic carbocycles. The van der Waals surface area contributed by atoms with Gasteiger partial charge in [0.15, 0.2) is 8.32 Å². The number of carbonyl (C=O) groups is 1. The highest BCUT2D eigenvalue weighted by Gasteiger charge is 2.42. The molecule has 0 radical (unpaired) electrons. The summed E-state index contributed by atoms with van der Waals surface area (Å²) in [6, 6.07) is 0.147. The van der Waals surface area contributed by atoms with Crippen molar-refractivity contribution in [1.82, 2.24) is 4.90 Å². The highest BCUT2D eigenvalue weighted by atomic mass is 28.4. The van der Waals surface area contributed by atoms with Crippen LogP contribution in [-0.2, 0) is 9.22 Å². The van der Waals surface area contributed by atoms with Gasteiger partial charge in [0, 0.05) is 13.0 Å². The molecule has 0 aromatic rings. The van der Waals surface area contributed by atoms with Crippen LogP contribution in [0.3, 0.4) is 0 Å². The summed E-state index contributed by atoms with van der Waals surface area (Å²) in [5.41, 5.74) is 0. The van der Waals surface area contributed by atoms with Crippen LogP contribution in [0.5, 0.6) is 0 Å². The Balaban J connectivity index is 2.79. The van der Waals surface area contributed by atoms with E-state index in [9.17, 15) is 4.79 Å². The van der Waals surface area contributed by atoms with E-state index in [1.54, 1.807) is 6.08 Å². The smallest absolute Gasteiger partial charge is 0.223 e. The van der Waals surface area contributed by atoms with Gasteiger partial charge in [0.05, 0.1) is 12.1 Å². The highest BCUT2D eigenvalue weighted by molar-refractivity contribution is 6.74. The van der Waals surface area contributed by atoms with Crippen LogP contribution in [0.4, 0.5) is 0 Å². The van der Waals surface area contributed by atoms with E-state index < -0.39 is 8.32 Å². The molecule has 0 N–H and O–H groups in total. The lowest BCUT2D eigenvalue weighted by molar-refractivity contribution is -0.139. The Kier molecular flexibility index (Phi) is 5.01. The first kappa shape index (κ1) is 16.4. The molecular weight excluding hydrogens is 254 g/mol. The Morgan fingerprint density at radius 1 is 1.47 bits per heavy atom. The van der Waals surface area contributed by atoms with Gasteiger partial charge in [-0.1, -0.05) is 26.8 Å². The van der Waals surface area contributed by atoms with Gasteiger partial charge in [-0.25, -0.2) is 0 Å². The third kappa shape index (κ3) is 3.69. The van der Waals surface area contributed by atoms with Gasteiger partial charge in [-0.05, 0) is 31.5 Å². The summed E-state index contributed by atoms with van der Waals surface area (Å²) in [7, 11) is -1.77. The topological polar surface area (TPSA) is 29.5 Å². The third-order valence-electron chi connectivity index (χ3n) is 4.57. The summed E-state index contributed by atoms with van der Waals surface area (Å²) in [5, 5.41) is 0.206. The van der Waals surface area contributed by atoms with E-state index in [0.717, 1.165) is 6.42 Å². The predicted octanol–water partition coefficient (Wildman–Crippen LogP) is 3.57. The summed E-state index contributed by atoms with van der Waals surface area (Å²) in [5.74, 6) is 0.225. The number of amides is 1. The van der Waals surface area contributed by atoms with Crippen LogP contribution in [0.1, 0.15) is 40.5 Å². The molecule has 1 aliphatic heterocycles. The van der Waals surface area contributed by atoms with Gasteiger partial charge < -0.3 is 9.33 Å². The minimum atomic E-state index is -1.77. The number of likely N-dealkylation sites (tertiary alicyclic amines) is 1. The standard InChI is InChI=1S/C15H29NO2Si/c1-8-11-16-12(2)13(9-10-14(16)17)18-19(6,7)15(3,4)5/h8,12-13H,1,9-11H2,2-7H3/t12-,13-/m1/s1. The molecule has 2 atom stereocenters. The number of hydrogen-bond donors (Lipinski definition) is 0. The molecule has 110 valence electrons. The van der Waals surface area contributed by atoms with Crippen LogP contribution in [0, 0.1) is 0 Å². The summed E-state index contributed by atoms with van der Waals surface area (Å²) < 4.78 is 6.49. The molecule has 1 saturated heterocycles. The average Bonchev–Trinajstić information content (AvgIpc) is 2.26. The fraction of sp³-hybridized carbons (Fsp3) is 0.800. The van der Waals surface area contributed by atoms with Crippen molar-refractivity contribution in [2.45, 2.75) is 70.8 Å². The lowest BCUT2D eigenvalue weighted by Gasteiger charge is -2.45. The van der Waals surface area contributed by atoms with Crippen molar-refractivity contribution in [3.05, 3.63) is 12.7 Å². The Morgan fingerprint density at radius 3 is 2.53 bits per heavy atom. The molecule has 0 aromatic carbocycles. The van der Waals surface area contributed by atoms with Gasteiger partial charge in [0.2, 0.25) is 5.91 Å². The molecule has 1 aliphatic rings. The van der Waals surface area contributed by atoms with Crippen LogP contribution >= 0.6 is 0 Å². The van der Waals surface area contributed by atoms with Gasteiger partial charge in [-0.2, -0.15) is 0 Å². The lowest BCUT2D eigenvalue weighted by atomic mass is 10.00. The molecule has 1 fully saturated rings. The number of nitrogens with zero attached hydrogens (tertiary/aromatic N) is 1. The van der Waals surface area contributed by atoms with Crippen molar-refractivity contribution in [3.63, 3.8) is 0 Å². The molecule has 4 heteroatoms. The van der Waals surface area contributed by atoms with Crippen LogP contribution in [0.15, 0.2) is 12.7 Å². The van der Waals surface area contributed by atoms with E-state index >= 15 is 0 Å². The SMILES string of the molecule is C=CCN1C(=O)CC[C@@H](O[Si](C)(C)C(C)(C)C)[C@H]1C. The quantitative estimate of drug-likeness (QED) is 0.583. The van der Waals surface area contributed by atoms with Gasteiger partial charge in [-0.3, -0.25) is 4.79 Å². The summed E-state index contributed by atoms with van der Waals surface area (Å²) in [4.78, 5) is 13.8. The fourth-order valence-corrected chi connectivity index (χ4v) is 3.62. The Labute approximate surface area is 119 Å². The van der Waals surface area contributed by atoms with Crippen molar-refractivity contribution in [2.75, 3.05) is 6.54 Å². The average molecular weight is 283 g/mol. The predicted molar refractivity (Wildman–Crippen MR) is 82.7 cm³/mol. The fourth-order valence-electron chi connectivity index (χ4n) is 2.20. The van der Waals surface area contributed by atoms with Gasteiger partial charge in [-0.15, -0.1) is 6.58 Å². The third-order valence-corrected chi connectivity index (χ3v) is 9.08. The van der Waals surface area contributed by atoms with E-state index in [0.29, 0.717) is 13.0 Å². The van der Waals surface area contributed by atoms with Gasteiger partial charge in [0.25, 0.3) is 0 Å². The number of piperidine rings is 1. The van der Waals surface area contributed by atoms with E-state index in [4.69, 9.17) is 4.43 Å². The van der Waals surface area contributed by atoms with Gasteiger partial charge in [0.1, 0.15) is 0 Å². The zero-order valence-electron chi connectivity index (χ0n) is 13.3. The zero-order valence-corrected chi connectivity index (χ0v) is 14.3. The molecule has 1 amide bonds. The number of carbonyl (C=O) groups excluding carboxylic acids is 1. The van der Waals surface area contributed by atoms with Crippen molar-refractivity contribution < 1.29 is 9.22 Å². The maximum atomic E-state index is 11.9. The molecule has 0 saturated carbocycles. The first-order valence-electron chi connectivity index (χ1n) is 7.18. The van der Waals surface area contributed by atoms with Crippen molar-refractivity contribution in [2.24, 2.45) is 0 Å². The molecule has 1 rings (SSSR count). The molecule has 3 nitrogen and oxygen atoms in total. The van der Waals surface area contributed by atoms with Crippen LogP contribution < -0.4 is 0 Å². The maximum absolute atomic E-state index is 11.9. The molecule has 1 heterocycles. The van der Waals surface area contributed by atoms with E-state index in [1.165, 1.54) is 0 Å². The number of rotatable bonds is 4. The normalized spacial score (nSPS) is 25.6. The van der Waals surface area contributed by atoms with Crippen LogP contribution in [0.2, 0.25) is 18.1 Å². The minimum absolute atomic E-state index is 0.147. The van der Waals surface area contributed by atoms with Crippen LogP contribution in [-0.4, -0.2) is 37.8 Å². The summed E-state index contributed by atoms with van der Waals surface area (Å²) in [6.45, 7) is 17.7. The van der Waals surface area contributed by atoms with Crippen molar-refractivity contribution in [1.29, 1.82) is 0 Å². The maximum Gasteiger partial charge on any atom is 0.223 e. The Morgan fingerprint density at radius 2 is 2.05 bits per heavy atom. The second-order valence-corrected chi connectivity index (χ2v) is 11.8. The largest absolute Gasteiger partial charge is 0.412 e. The molecule has 0 aromatic heterocycles. The van der Waals surface area contributed by atoms with E-state index in [1.807, 2.05) is 4.90 Å². The molecule has 0 bridgehead atoms. The second-order valence-electron chi connectivity index (χ2n) is 7.03. The summed E-state index contributed by atoms with van der Waals surface area (Å²) in [6.07, 6.45) is 3.40. The Bertz CT molecular complexity index is 347. The lowest BCUT2D eigenvalue weighted by Crippen LogP contribution is -2.55. The van der Waals surface area contributed by atoms with Gasteiger partial charge >= 0.3 is 0 Å². The second kappa shape index (κ2) is 5.79. The highest BCUT2D eigenvalue weighted by Crippen LogP contribution is 2.39. The number of hydrogen-bond acceptors (Lipinski definition) is 2. The molecular formula is C15H29NO2Si. The summed E-state index contributed by atoms with van der Waals surface area (Å²) >= 11 is 0. The van der Waals surface area contributed by atoms with Crippen LogP contribution in [0.25, 0.3) is 0 Å².